The SMILES string of the molecule is CN(C)C(=O)c1cc(N)nc2c1CCC2. The topological polar surface area (TPSA) is 59.2 Å². The van der Waals surface area contributed by atoms with Crippen LogP contribution >= 0.6 is 0 Å². The van der Waals surface area contributed by atoms with Gasteiger partial charge in [0.05, 0.1) is 0 Å². The predicted molar refractivity (Wildman–Crippen MR) is 58.7 cm³/mol. The highest BCUT2D eigenvalue weighted by molar-refractivity contribution is 5.96. The second-order valence-electron chi connectivity index (χ2n) is 4.07. The molecule has 15 heavy (non-hydrogen) atoms. The minimum Gasteiger partial charge on any atom is -0.384 e. The molecule has 2 rings (SSSR count). The van der Waals surface area contributed by atoms with E-state index in [1.165, 1.54) is 0 Å². The summed E-state index contributed by atoms with van der Waals surface area (Å²) in [4.78, 5) is 17.7. The van der Waals surface area contributed by atoms with Gasteiger partial charge in [0.15, 0.2) is 0 Å². The van der Waals surface area contributed by atoms with E-state index in [-0.39, 0.29) is 5.91 Å². The number of nitrogen functional groups attached to an aromatic ring is 1. The fourth-order valence-corrected chi connectivity index (χ4v) is 2.00. The Morgan fingerprint density at radius 3 is 2.87 bits per heavy atom. The van der Waals surface area contributed by atoms with Crippen molar-refractivity contribution in [3.05, 3.63) is 22.9 Å². The van der Waals surface area contributed by atoms with Crippen LogP contribution in [0, 0.1) is 0 Å². The number of anilines is 1. The first-order chi connectivity index (χ1) is 7.09. The summed E-state index contributed by atoms with van der Waals surface area (Å²) in [5, 5.41) is 0. The number of hydrogen-bond acceptors (Lipinski definition) is 3. The van der Waals surface area contributed by atoms with Gasteiger partial charge in [0.25, 0.3) is 5.91 Å². The third-order valence-electron chi connectivity index (χ3n) is 2.71. The Bertz CT molecular complexity index is 413. The van der Waals surface area contributed by atoms with Gasteiger partial charge in [0.2, 0.25) is 0 Å². The zero-order chi connectivity index (χ0) is 11.0. The van der Waals surface area contributed by atoms with E-state index in [0.717, 1.165) is 36.1 Å². The van der Waals surface area contributed by atoms with Crippen LogP contribution in [0.15, 0.2) is 6.07 Å². The van der Waals surface area contributed by atoms with E-state index in [9.17, 15) is 4.79 Å². The van der Waals surface area contributed by atoms with Gasteiger partial charge in [0, 0.05) is 25.4 Å². The van der Waals surface area contributed by atoms with Crippen LogP contribution in [0.25, 0.3) is 0 Å². The van der Waals surface area contributed by atoms with E-state index >= 15 is 0 Å². The van der Waals surface area contributed by atoms with Crippen LogP contribution in [-0.2, 0) is 12.8 Å². The molecule has 0 aliphatic heterocycles. The van der Waals surface area contributed by atoms with E-state index < -0.39 is 0 Å². The largest absolute Gasteiger partial charge is 0.384 e. The van der Waals surface area contributed by atoms with Crippen LogP contribution in [0.3, 0.4) is 0 Å². The first-order valence-electron chi connectivity index (χ1n) is 5.09. The summed E-state index contributed by atoms with van der Waals surface area (Å²) >= 11 is 0. The number of carbonyl (C=O) groups is 1. The second kappa shape index (κ2) is 3.53. The second-order valence-corrected chi connectivity index (χ2v) is 4.07. The molecule has 1 aromatic heterocycles. The van der Waals surface area contributed by atoms with Gasteiger partial charge >= 0.3 is 0 Å². The van der Waals surface area contributed by atoms with Gasteiger partial charge < -0.3 is 10.6 Å². The van der Waals surface area contributed by atoms with Crippen molar-refractivity contribution in [1.29, 1.82) is 0 Å². The summed E-state index contributed by atoms with van der Waals surface area (Å²) in [6.45, 7) is 0. The molecule has 1 heterocycles. The van der Waals surface area contributed by atoms with Crippen LogP contribution < -0.4 is 5.73 Å². The summed E-state index contributed by atoms with van der Waals surface area (Å²) in [6.07, 6.45) is 2.95. The van der Waals surface area contributed by atoms with E-state index in [2.05, 4.69) is 4.98 Å². The fraction of sp³-hybridized carbons (Fsp3) is 0.455. The van der Waals surface area contributed by atoms with Gasteiger partial charge in [-0.25, -0.2) is 4.98 Å². The predicted octanol–water partition coefficient (Wildman–Crippen LogP) is 0.854. The number of carbonyl (C=O) groups excluding carboxylic acids is 1. The Morgan fingerprint density at radius 2 is 2.20 bits per heavy atom. The number of aryl methyl sites for hydroxylation is 1. The molecule has 0 bridgehead atoms. The van der Waals surface area contributed by atoms with Gasteiger partial charge in [0.1, 0.15) is 5.82 Å². The lowest BCUT2D eigenvalue weighted by Gasteiger charge is -2.13. The molecule has 1 aliphatic rings. The third kappa shape index (κ3) is 1.67. The monoisotopic (exact) mass is 205 g/mol. The molecule has 0 aromatic carbocycles. The van der Waals surface area contributed by atoms with Gasteiger partial charge in [-0.05, 0) is 30.9 Å². The summed E-state index contributed by atoms with van der Waals surface area (Å²) in [6, 6.07) is 1.69. The molecule has 1 aliphatic carbocycles. The van der Waals surface area contributed by atoms with Crippen molar-refractivity contribution in [2.75, 3.05) is 19.8 Å². The first-order valence-corrected chi connectivity index (χ1v) is 5.09. The zero-order valence-corrected chi connectivity index (χ0v) is 9.08. The molecule has 0 saturated heterocycles. The maximum absolute atomic E-state index is 11.9. The molecule has 4 nitrogen and oxygen atoms in total. The summed E-state index contributed by atoms with van der Waals surface area (Å²) in [5.41, 5.74) is 8.50. The van der Waals surface area contributed by atoms with E-state index in [1.54, 1.807) is 25.1 Å². The average molecular weight is 205 g/mol. The number of rotatable bonds is 1. The van der Waals surface area contributed by atoms with Crippen molar-refractivity contribution < 1.29 is 4.79 Å². The molecular formula is C11H15N3O. The molecule has 0 spiro atoms. The highest BCUT2D eigenvalue weighted by Crippen LogP contribution is 2.25. The molecular weight excluding hydrogens is 190 g/mol. The number of pyridine rings is 1. The van der Waals surface area contributed by atoms with Gasteiger partial charge in [-0.3, -0.25) is 4.79 Å². The Balaban J connectivity index is 2.51. The lowest BCUT2D eigenvalue weighted by Crippen LogP contribution is -2.23. The average Bonchev–Trinajstić information content (AvgIpc) is 2.62. The smallest absolute Gasteiger partial charge is 0.253 e. The normalized spacial score (nSPS) is 13.7. The van der Waals surface area contributed by atoms with Crippen molar-refractivity contribution in [2.24, 2.45) is 0 Å². The Kier molecular flexibility index (Phi) is 2.34. The molecule has 2 N–H and O–H groups in total. The Morgan fingerprint density at radius 1 is 1.47 bits per heavy atom. The lowest BCUT2D eigenvalue weighted by atomic mass is 10.1. The standard InChI is InChI=1S/C11H15N3O/c1-14(2)11(15)8-6-10(12)13-9-5-3-4-7(8)9/h6H,3-5H2,1-2H3,(H2,12,13). The van der Waals surface area contributed by atoms with Gasteiger partial charge in [-0.1, -0.05) is 0 Å². The van der Waals surface area contributed by atoms with Crippen LogP contribution in [0.4, 0.5) is 5.82 Å². The molecule has 0 fully saturated rings. The Hall–Kier alpha value is -1.58. The molecule has 1 aromatic rings. The maximum atomic E-state index is 11.9. The number of aromatic nitrogens is 1. The number of fused-ring (bicyclic) bond motifs is 1. The number of amides is 1. The molecule has 0 atom stereocenters. The van der Waals surface area contributed by atoms with Crippen molar-refractivity contribution in [3.63, 3.8) is 0 Å². The van der Waals surface area contributed by atoms with Crippen molar-refractivity contribution in [2.45, 2.75) is 19.3 Å². The molecule has 0 saturated carbocycles. The number of nitrogens with two attached hydrogens (primary N) is 1. The maximum Gasteiger partial charge on any atom is 0.253 e. The summed E-state index contributed by atoms with van der Waals surface area (Å²) < 4.78 is 0. The minimum atomic E-state index is 0.0160. The molecule has 80 valence electrons. The lowest BCUT2D eigenvalue weighted by molar-refractivity contribution is 0.0826. The van der Waals surface area contributed by atoms with Crippen molar-refractivity contribution in [1.82, 2.24) is 9.88 Å². The van der Waals surface area contributed by atoms with Crippen LogP contribution in [0.1, 0.15) is 28.0 Å². The fourth-order valence-electron chi connectivity index (χ4n) is 2.00. The summed E-state index contributed by atoms with van der Waals surface area (Å²) in [7, 11) is 3.50. The van der Waals surface area contributed by atoms with Crippen molar-refractivity contribution in [3.8, 4) is 0 Å². The quantitative estimate of drug-likeness (QED) is 0.739. The summed E-state index contributed by atoms with van der Waals surface area (Å²) in [5.74, 6) is 0.461. The number of nitrogens with zero attached hydrogens (tertiary/aromatic N) is 2. The highest BCUT2D eigenvalue weighted by Gasteiger charge is 2.21. The first kappa shape index (κ1) is 9.96. The van der Waals surface area contributed by atoms with Crippen LogP contribution in [0.5, 0.6) is 0 Å². The molecule has 1 amide bonds. The van der Waals surface area contributed by atoms with Crippen molar-refractivity contribution >= 4 is 11.7 Å². The van der Waals surface area contributed by atoms with Gasteiger partial charge in [-0.2, -0.15) is 0 Å². The minimum absolute atomic E-state index is 0.0160. The molecule has 4 heteroatoms. The van der Waals surface area contributed by atoms with E-state index in [0.29, 0.717) is 5.82 Å². The third-order valence-corrected chi connectivity index (χ3v) is 2.71. The Labute approximate surface area is 89.1 Å². The zero-order valence-electron chi connectivity index (χ0n) is 9.08. The number of hydrogen-bond donors (Lipinski definition) is 1. The van der Waals surface area contributed by atoms with Crippen LogP contribution in [-0.4, -0.2) is 29.9 Å². The van der Waals surface area contributed by atoms with E-state index in [4.69, 9.17) is 5.73 Å². The van der Waals surface area contributed by atoms with Crippen LogP contribution in [0.2, 0.25) is 0 Å². The highest BCUT2D eigenvalue weighted by atomic mass is 16.2. The molecule has 0 radical (unpaired) electrons. The van der Waals surface area contributed by atoms with E-state index in [1.807, 2.05) is 0 Å². The molecule has 0 unspecified atom stereocenters. The van der Waals surface area contributed by atoms with Gasteiger partial charge in [-0.15, -0.1) is 0 Å².